The molecule has 2 atom stereocenters. The van der Waals surface area contributed by atoms with E-state index in [0.29, 0.717) is 11.5 Å². The maximum absolute atomic E-state index is 13.1. The second kappa shape index (κ2) is 5.97. The predicted octanol–water partition coefficient (Wildman–Crippen LogP) is 3.83. The van der Waals surface area contributed by atoms with Gasteiger partial charge in [0.05, 0.1) is 0 Å². The maximum atomic E-state index is 13.1. The van der Waals surface area contributed by atoms with Crippen LogP contribution < -0.4 is 10.2 Å². The van der Waals surface area contributed by atoms with Gasteiger partial charge in [-0.25, -0.2) is 4.98 Å². The van der Waals surface area contributed by atoms with Crippen LogP contribution in [0.1, 0.15) is 58.3 Å². The number of carbonyl (C=O) groups excluding carboxylic acids is 1. The monoisotopic (exact) mass is 359 g/mol. The molecule has 0 radical (unpaired) electrons. The largest absolute Gasteiger partial charge is 0.351 e. The van der Waals surface area contributed by atoms with Crippen LogP contribution in [0.25, 0.3) is 0 Å². The van der Waals surface area contributed by atoms with Crippen molar-refractivity contribution in [1.82, 2.24) is 10.3 Å². The molecule has 0 unspecified atom stereocenters. The number of rotatable bonds is 4. The number of anilines is 1. The SMILES string of the molecule is C[C@H](NC(=O)[C@H]1CCCN1c1nccs1)C12CC3CC(CC(C3)C1)C2. The van der Waals surface area contributed by atoms with Crippen LogP contribution in [0.5, 0.6) is 0 Å². The van der Waals surface area contributed by atoms with Gasteiger partial charge in [0.2, 0.25) is 5.91 Å². The zero-order valence-electron chi connectivity index (χ0n) is 15.1. The van der Waals surface area contributed by atoms with Crippen LogP contribution in [0, 0.1) is 23.2 Å². The zero-order valence-corrected chi connectivity index (χ0v) is 15.9. The minimum atomic E-state index is -0.0255. The van der Waals surface area contributed by atoms with Gasteiger partial charge in [-0.15, -0.1) is 11.3 Å². The van der Waals surface area contributed by atoms with Crippen molar-refractivity contribution in [3.8, 4) is 0 Å². The molecule has 5 fully saturated rings. The summed E-state index contributed by atoms with van der Waals surface area (Å²) in [5.41, 5.74) is 0.384. The van der Waals surface area contributed by atoms with Crippen molar-refractivity contribution >= 4 is 22.4 Å². The first kappa shape index (κ1) is 16.1. The Balaban J connectivity index is 1.29. The van der Waals surface area contributed by atoms with E-state index in [9.17, 15) is 4.79 Å². The number of hydrogen-bond donors (Lipinski definition) is 1. The summed E-state index contributed by atoms with van der Waals surface area (Å²) >= 11 is 1.64. The topological polar surface area (TPSA) is 45.2 Å². The Labute approximate surface area is 154 Å². The Morgan fingerprint density at radius 1 is 1.28 bits per heavy atom. The second-order valence-corrected chi connectivity index (χ2v) is 10.0. The van der Waals surface area contributed by atoms with E-state index in [0.717, 1.165) is 42.3 Å². The third-order valence-electron chi connectivity index (χ3n) is 7.58. The van der Waals surface area contributed by atoms with Crippen molar-refractivity contribution in [3.05, 3.63) is 11.6 Å². The fourth-order valence-electron chi connectivity index (χ4n) is 6.80. The van der Waals surface area contributed by atoms with E-state index in [-0.39, 0.29) is 11.9 Å². The van der Waals surface area contributed by atoms with Crippen molar-refractivity contribution in [2.45, 2.75) is 70.4 Å². The molecule has 136 valence electrons. The molecular weight excluding hydrogens is 330 g/mol. The molecule has 6 rings (SSSR count). The first-order valence-corrected chi connectivity index (χ1v) is 11.0. The third-order valence-corrected chi connectivity index (χ3v) is 8.39. The number of carbonyl (C=O) groups is 1. The lowest BCUT2D eigenvalue weighted by atomic mass is 9.48. The van der Waals surface area contributed by atoms with Crippen molar-refractivity contribution in [3.63, 3.8) is 0 Å². The highest BCUT2D eigenvalue weighted by molar-refractivity contribution is 7.13. The number of amides is 1. The summed E-state index contributed by atoms with van der Waals surface area (Å²) in [5, 5.41) is 6.47. The molecular formula is C20H29N3OS. The molecule has 1 N–H and O–H groups in total. The fraction of sp³-hybridized carbons (Fsp3) is 0.800. The summed E-state index contributed by atoms with van der Waals surface area (Å²) in [4.78, 5) is 19.7. The summed E-state index contributed by atoms with van der Waals surface area (Å²) in [5.74, 6) is 3.03. The van der Waals surface area contributed by atoms with Crippen LogP contribution in [-0.4, -0.2) is 29.5 Å². The minimum Gasteiger partial charge on any atom is -0.351 e. The zero-order chi connectivity index (χ0) is 17.0. The number of aromatic nitrogens is 1. The number of hydrogen-bond acceptors (Lipinski definition) is 4. The first-order valence-electron chi connectivity index (χ1n) is 10.1. The quantitative estimate of drug-likeness (QED) is 0.888. The summed E-state index contributed by atoms with van der Waals surface area (Å²) in [7, 11) is 0. The lowest BCUT2D eigenvalue weighted by Gasteiger charge is -2.59. The summed E-state index contributed by atoms with van der Waals surface area (Å²) in [6.07, 6.45) is 12.3. The molecule has 5 aliphatic rings. The van der Waals surface area contributed by atoms with Crippen LogP contribution in [0.2, 0.25) is 0 Å². The van der Waals surface area contributed by atoms with E-state index >= 15 is 0 Å². The van der Waals surface area contributed by atoms with E-state index in [1.54, 1.807) is 11.3 Å². The van der Waals surface area contributed by atoms with Gasteiger partial charge in [-0.3, -0.25) is 4.79 Å². The Kier molecular flexibility index (Phi) is 3.84. The Morgan fingerprint density at radius 3 is 2.56 bits per heavy atom. The molecule has 1 aromatic heterocycles. The summed E-state index contributed by atoms with van der Waals surface area (Å²) in [6, 6.07) is 0.287. The van der Waals surface area contributed by atoms with Gasteiger partial charge in [0.1, 0.15) is 6.04 Å². The van der Waals surface area contributed by atoms with E-state index in [2.05, 4.69) is 22.1 Å². The van der Waals surface area contributed by atoms with Crippen molar-refractivity contribution in [2.75, 3.05) is 11.4 Å². The fourth-order valence-corrected chi connectivity index (χ4v) is 7.52. The van der Waals surface area contributed by atoms with Crippen molar-refractivity contribution < 1.29 is 4.79 Å². The molecule has 0 spiro atoms. The predicted molar refractivity (Wildman–Crippen MR) is 101 cm³/mol. The van der Waals surface area contributed by atoms with Gasteiger partial charge in [-0.1, -0.05) is 0 Å². The molecule has 25 heavy (non-hydrogen) atoms. The molecule has 0 aromatic carbocycles. The van der Waals surface area contributed by atoms with Crippen molar-refractivity contribution in [2.24, 2.45) is 23.2 Å². The average molecular weight is 360 g/mol. The van der Waals surface area contributed by atoms with Crippen LogP contribution >= 0.6 is 11.3 Å². The lowest BCUT2D eigenvalue weighted by Crippen LogP contribution is -2.57. The normalized spacial score (nSPS) is 40.4. The minimum absolute atomic E-state index is 0.0255. The smallest absolute Gasteiger partial charge is 0.243 e. The molecule has 2 heterocycles. The Bertz CT molecular complexity index is 608. The highest BCUT2D eigenvalue weighted by Gasteiger charge is 2.53. The summed E-state index contributed by atoms with van der Waals surface area (Å²) in [6.45, 7) is 3.24. The van der Waals surface area contributed by atoms with Gasteiger partial charge in [-0.05, 0) is 81.5 Å². The molecule has 1 saturated heterocycles. The molecule has 1 aromatic rings. The van der Waals surface area contributed by atoms with Gasteiger partial charge in [0.25, 0.3) is 0 Å². The van der Waals surface area contributed by atoms with E-state index in [4.69, 9.17) is 0 Å². The summed E-state index contributed by atoms with van der Waals surface area (Å²) < 4.78 is 0. The molecule has 4 aliphatic carbocycles. The molecule has 4 bridgehead atoms. The molecule has 5 heteroatoms. The molecule has 4 saturated carbocycles. The van der Waals surface area contributed by atoms with Crippen LogP contribution in [-0.2, 0) is 4.79 Å². The number of nitrogens with one attached hydrogen (secondary N) is 1. The standard InChI is InChI=1S/C20H29N3OS/c1-13(20-10-14-7-15(11-20)9-16(8-14)12-20)22-18(24)17-3-2-5-23(17)19-21-4-6-25-19/h4,6,13-17H,2-3,5,7-12H2,1H3,(H,22,24)/t13-,14?,15?,16?,17+,20?/m0/s1. The average Bonchev–Trinajstić information content (AvgIpc) is 3.24. The van der Waals surface area contributed by atoms with E-state index in [1.807, 2.05) is 11.6 Å². The molecule has 1 aliphatic heterocycles. The van der Waals surface area contributed by atoms with Gasteiger partial charge in [-0.2, -0.15) is 0 Å². The number of thiazole rings is 1. The molecule has 1 amide bonds. The highest BCUT2D eigenvalue weighted by atomic mass is 32.1. The third kappa shape index (κ3) is 2.70. The van der Waals surface area contributed by atoms with Crippen LogP contribution in [0.3, 0.4) is 0 Å². The van der Waals surface area contributed by atoms with Gasteiger partial charge >= 0.3 is 0 Å². The van der Waals surface area contributed by atoms with Gasteiger partial charge < -0.3 is 10.2 Å². The highest BCUT2D eigenvalue weighted by Crippen LogP contribution is 2.61. The van der Waals surface area contributed by atoms with Gasteiger partial charge in [0, 0.05) is 24.2 Å². The lowest BCUT2D eigenvalue weighted by molar-refractivity contribution is -0.127. The first-order chi connectivity index (χ1) is 12.1. The van der Waals surface area contributed by atoms with Gasteiger partial charge in [0.15, 0.2) is 5.13 Å². The second-order valence-electron chi connectivity index (χ2n) is 9.18. The Hall–Kier alpha value is -1.10. The molecule has 4 nitrogen and oxygen atoms in total. The number of nitrogens with zero attached hydrogens (tertiary/aromatic N) is 2. The van der Waals surface area contributed by atoms with Crippen molar-refractivity contribution in [1.29, 1.82) is 0 Å². The van der Waals surface area contributed by atoms with Crippen LogP contribution in [0.15, 0.2) is 11.6 Å². The van der Waals surface area contributed by atoms with E-state index in [1.165, 1.54) is 38.5 Å². The maximum Gasteiger partial charge on any atom is 0.243 e. The van der Waals surface area contributed by atoms with Crippen LogP contribution in [0.4, 0.5) is 5.13 Å². The Morgan fingerprint density at radius 2 is 1.96 bits per heavy atom. The van der Waals surface area contributed by atoms with E-state index < -0.39 is 0 Å².